The topological polar surface area (TPSA) is 26.0 Å². The first kappa shape index (κ1) is 7.28. The Morgan fingerprint density at radius 1 is 1.75 bits per heavy atom. The van der Waals surface area contributed by atoms with E-state index in [9.17, 15) is 0 Å². The van der Waals surface area contributed by atoms with Crippen LogP contribution in [0.1, 0.15) is 19.8 Å². The fourth-order valence-corrected chi connectivity index (χ4v) is 0.435. The molecule has 0 aliphatic heterocycles. The van der Waals surface area contributed by atoms with E-state index >= 15 is 0 Å². The van der Waals surface area contributed by atoms with E-state index in [2.05, 4.69) is 12.7 Å². The van der Waals surface area contributed by atoms with Gasteiger partial charge in [0.05, 0.1) is 0 Å². The first-order valence-corrected chi connectivity index (χ1v) is 2.81. The first-order chi connectivity index (χ1) is 3.77. The number of nitrogens with two attached hydrogens (primary N) is 1. The monoisotopic (exact) mass is 111 g/mol. The molecule has 0 aliphatic rings. The van der Waals surface area contributed by atoms with Crippen molar-refractivity contribution in [3.8, 4) is 0 Å². The Bertz CT molecular complexity index is 92.6. The maximum atomic E-state index is 5.30. The second-order valence-electron chi connectivity index (χ2n) is 1.77. The van der Waals surface area contributed by atoms with Crippen molar-refractivity contribution < 1.29 is 0 Å². The molecule has 0 rings (SSSR count). The highest BCUT2D eigenvalue weighted by Gasteiger charge is 1.79. The second-order valence-corrected chi connectivity index (χ2v) is 1.77. The molecule has 0 atom stereocenters. The van der Waals surface area contributed by atoms with Crippen molar-refractivity contribution in [3.05, 3.63) is 24.4 Å². The van der Waals surface area contributed by atoms with Gasteiger partial charge in [0.2, 0.25) is 0 Å². The van der Waals surface area contributed by atoms with Gasteiger partial charge in [0.15, 0.2) is 0 Å². The van der Waals surface area contributed by atoms with E-state index in [1.807, 2.05) is 13.0 Å². The maximum Gasteiger partial charge on any atom is 0.00105 e. The van der Waals surface area contributed by atoms with Crippen LogP contribution in [0.15, 0.2) is 24.4 Å². The van der Waals surface area contributed by atoms with Crippen LogP contribution in [0.25, 0.3) is 0 Å². The van der Waals surface area contributed by atoms with E-state index in [-0.39, 0.29) is 0 Å². The molecule has 0 aromatic rings. The van der Waals surface area contributed by atoms with Gasteiger partial charge in [-0.05, 0) is 19.8 Å². The van der Waals surface area contributed by atoms with E-state index < -0.39 is 0 Å². The highest BCUT2D eigenvalue weighted by atomic mass is 14.5. The zero-order chi connectivity index (χ0) is 6.41. The van der Waals surface area contributed by atoms with E-state index in [4.69, 9.17) is 5.73 Å². The van der Waals surface area contributed by atoms with Crippen LogP contribution in [0, 0.1) is 0 Å². The molecule has 0 saturated carbocycles. The average Bonchev–Trinajstić information content (AvgIpc) is 1.66. The molecule has 2 N–H and O–H groups in total. The molecule has 0 radical (unpaired) electrons. The van der Waals surface area contributed by atoms with Gasteiger partial charge in [-0.1, -0.05) is 18.7 Å². The Kier molecular flexibility index (Phi) is 4.04. The number of hydrogen-bond donors (Lipinski definition) is 1. The van der Waals surface area contributed by atoms with Crippen molar-refractivity contribution in [1.82, 2.24) is 0 Å². The Hall–Kier alpha value is -0.720. The molecule has 0 unspecified atom stereocenters. The molecule has 0 spiro atoms. The van der Waals surface area contributed by atoms with Crippen LogP contribution in [0.2, 0.25) is 0 Å². The summed E-state index contributed by atoms with van der Waals surface area (Å²) < 4.78 is 0. The number of rotatable bonds is 3. The fraction of sp³-hybridized carbons (Fsp3) is 0.429. The highest BCUT2D eigenvalue weighted by Crippen LogP contribution is 1.94. The summed E-state index contributed by atoms with van der Waals surface area (Å²) in [6.45, 7) is 5.57. The summed E-state index contributed by atoms with van der Waals surface area (Å²) >= 11 is 0. The van der Waals surface area contributed by atoms with Crippen LogP contribution in [0.3, 0.4) is 0 Å². The van der Waals surface area contributed by atoms with Gasteiger partial charge >= 0.3 is 0 Å². The van der Waals surface area contributed by atoms with Gasteiger partial charge in [0.1, 0.15) is 0 Å². The standard InChI is InChI=1S/C7H13N/c1-3-4-5-6-7(2)8/h3-4H,2,5-6,8H2,1H3/b4-3+. The molecule has 0 fully saturated rings. The second kappa shape index (κ2) is 4.44. The van der Waals surface area contributed by atoms with E-state index in [0.29, 0.717) is 0 Å². The quantitative estimate of drug-likeness (QED) is 0.552. The predicted molar refractivity (Wildman–Crippen MR) is 37.4 cm³/mol. The molecule has 0 aliphatic carbocycles. The molecule has 0 amide bonds. The Balaban J connectivity index is 3.05. The zero-order valence-electron chi connectivity index (χ0n) is 5.35. The predicted octanol–water partition coefficient (Wildman–Crippen LogP) is 1.82. The molecular formula is C7H13N. The molecule has 0 heterocycles. The smallest absolute Gasteiger partial charge is 0.00105 e. The van der Waals surface area contributed by atoms with E-state index in [1.54, 1.807) is 0 Å². The highest BCUT2D eigenvalue weighted by molar-refractivity contribution is 4.90. The summed E-state index contributed by atoms with van der Waals surface area (Å²) in [6.07, 6.45) is 6.02. The summed E-state index contributed by atoms with van der Waals surface area (Å²) in [4.78, 5) is 0. The third-order valence-corrected chi connectivity index (χ3v) is 0.868. The van der Waals surface area contributed by atoms with Crippen LogP contribution in [0.5, 0.6) is 0 Å². The average molecular weight is 111 g/mol. The van der Waals surface area contributed by atoms with Crippen LogP contribution >= 0.6 is 0 Å². The summed E-state index contributed by atoms with van der Waals surface area (Å²) in [5.41, 5.74) is 6.07. The zero-order valence-corrected chi connectivity index (χ0v) is 5.35. The third kappa shape index (κ3) is 5.28. The van der Waals surface area contributed by atoms with E-state index in [0.717, 1.165) is 18.5 Å². The Morgan fingerprint density at radius 3 is 2.75 bits per heavy atom. The van der Waals surface area contributed by atoms with Gasteiger partial charge in [0, 0.05) is 5.70 Å². The van der Waals surface area contributed by atoms with Gasteiger partial charge < -0.3 is 5.73 Å². The normalized spacial score (nSPS) is 10.1. The van der Waals surface area contributed by atoms with Crippen molar-refractivity contribution in [2.24, 2.45) is 5.73 Å². The van der Waals surface area contributed by atoms with Crippen molar-refractivity contribution in [2.45, 2.75) is 19.8 Å². The summed E-state index contributed by atoms with van der Waals surface area (Å²) in [6, 6.07) is 0. The Labute approximate surface area is 50.9 Å². The molecule has 46 valence electrons. The molecule has 1 nitrogen and oxygen atoms in total. The molecule has 0 bridgehead atoms. The first-order valence-electron chi connectivity index (χ1n) is 2.81. The lowest BCUT2D eigenvalue weighted by atomic mass is 10.2. The lowest BCUT2D eigenvalue weighted by molar-refractivity contribution is 0.965. The minimum Gasteiger partial charge on any atom is -0.403 e. The van der Waals surface area contributed by atoms with Crippen LogP contribution < -0.4 is 5.73 Å². The van der Waals surface area contributed by atoms with Crippen molar-refractivity contribution in [3.63, 3.8) is 0 Å². The van der Waals surface area contributed by atoms with Crippen LogP contribution in [0.4, 0.5) is 0 Å². The molecule has 1 heteroatoms. The summed E-state index contributed by atoms with van der Waals surface area (Å²) in [5, 5.41) is 0. The SMILES string of the molecule is C=C(N)CC/C=C/C. The third-order valence-electron chi connectivity index (χ3n) is 0.868. The van der Waals surface area contributed by atoms with Gasteiger partial charge in [-0.2, -0.15) is 0 Å². The summed E-state index contributed by atoms with van der Waals surface area (Å²) in [7, 11) is 0. The lowest BCUT2D eigenvalue weighted by Crippen LogP contribution is -1.92. The van der Waals surface area contributed by atoms with Crippen LogP contribution in [-0.4, -0.2) is 0 Å². The lowest BCUT2D eigenvalue weighted by Gasteiger charge is -1.90. The van der Waals surface area contributed by atoms with Crippen LogP contribution in [-0.2, 0) is 0 Å². The largest absolute Gasteiger partial charge is 0.403 e. The van der Waals surface area contributed by atoms with Crippen molar-refractivity contribution >= 4 is 0 Å². The summed E-state index contributed by atoms with van der Waals surface area (Å²) in [5.74, 6) is 0. The van der Waals surface area contributed by atoms with Gasteiger partial charge in [-0.3, -0.25) is 0 Å². The molecule has 0 saturated heterocycles. The molecular weight excluding hydrogens is 98.1 g/mol. The number of allylic oxidation sites excluding steroid dienone is 3. The minimum absolute atomic E-state index is 0.767. The molecule has 8 heavy (non-hydrogen) atoms. The van der Waals surface area contributed by atoms with Gasteiger partial charge in [-0.15, -0.1) is 0 Å². The minimum atomic E-state index is 0.767. The van der Waals surface area contributed by atoms with Crippen molar-refractivity contribution in [1.29, 1.82) is 0 Å². The maximum absolute atomic E-state index is 5.30. The Morgan fingerprint density at radius 2 is 2.38 bits per heavy atom. The number of hydrogen-bond acceptors (Lipinski definition) is 1. The fourth-order valence-electron chi connectivity index (χ4n) is 0.435. The van der Waals surface area contributed by atoms with E-state index in [1.165, 1.54) is 0 Å². The molecule has 0 aromatic carbocycles. The molecule has 0 aromatic heterocycles. The van der Waals surface area contributed by atoms with Gasteiger partial charge in [0.25, 0.3) is 0 Å². The van der Waals surface area contributed by atoms with Crippen molar-refractivity contribution in [2.75, 3.05) is 0 Å². The van der Waals surface area contributed by atoms with Gasteiger partial charge in [-0.25, -0.2) is 0 Å².